The van der Waals surface area contributed by atoms with Crippen molar-refractivity contribution < 1.29 is 14.3 Å². The molecule has 0 bridgehead atoms. The van der Waals surface area contributed by atoms with Crippen molar-refractivity contribution in [3.63, 3.8) is 0 Å². The normalized spacial score (nSPS) is 13.2. The first-order chi connectivity index (χ1) is 11.6. The lowest BCUT2D eigenvalue weighted by atomic mass is 10.2. The first kappa shape index (κ1) is 15.9. The third kappa shape index (κ3) is 3.51. The number of ether oxygens (including phenoxy) is 1. The molecule has 2 amide bonds. The van der Waals surface area contributed by atoms with Crippen molar-refractivity contribution in [2.45, 2.75) is 6.42 Å². The van der Waals surface area contributed by atoms with Crippen LogP contribution in [0.2, 0.25) is 0 Å². The molecule has 7 heteroatoms. The number of likely N-dealkylation sites (N-methyl/N-ethyl adjacent to an activating group) is 1. The van der Waals surface area contributed by atoms with Crippen molar-refractivity contribution >= 4 is 17.6 Å². The molecule has 24 heavy (non-hydrogen) atoms. The molecule has 0 aromatic carbocycles. The summed E-state index contributed by atoms with van der Waals surface area (Å²) in [7, 11) is 1.73. The van der Waals surface area contributed by atoms with Crippen molar-refractivity contribution in [1.29, 1.82) is 0 Å². The lowest BCUT2D eigenvalue weighted by Crippen LogP contribution is -2.46. The highest BCUT2D eigenvalue weighted by molar-refractivity contribution is 6.01. The number of anilines is 1. The van der Waals surface area contributed by atoms with Crippen LogP contribution in [0.3, 0.4) is 0 Å². The highest BCUT2D eigenvalue weighted by atomic mass is 16.5. The second-order valence-electron chi connectivity index (χ2n) is 5.51. The van der Waals surface area contributed by atoms with E-state index in [-0.39, 0.29) is 25.0 Å². The summed E-state index contributed by atoms with van der Waals surface area (Å²) in [6.45, 7) is 0.447. The Morgan fingerprint density at radius 3 is 2.88 bits per heavy atom. The van der Waals surface area contributed by atoms with Crippen molar-refractivity contribution in [2.75, 3.05) is 31.6 Å². The molecule has 0 saturated carbocycles. The SMILES string of the molecule is CN(CCc1ccncc1)C(=O)CN1C(=O)COc2cccnc21. The largest absolute Gasteiger partial charge is 0.480 e. The Kier molecular flexibility index (Phi) is 4.69. The van der Waals surface area contributed by atoms with Gasteiger partial charge in [0.25, 0.3) is 5.91 Å². The van der Waals surface area contributed by atoms with Crippen LogP contribution in [0.1, 0.15) is 5.56 Å². The fourth-order valence-electron chi connectivity index (χ4n) is 2.42. The molecule has 0 fully saturated rings. The van der Waals surface area contributed by atoms with Crippen LogP contribution in [0, 0.1) is 0 Å². The molecule has 3 rings (SSSR count). The van der Waals surface area contributed by atoms with Crippen LogP contribution in [-0.2, 0) is 16.0 Å². The van der Waals surface area contributed by atoms with Gasteiger partial charge in [-0.05, 0) is 36.2 Å². The van der Waals surface area contributed by atoms with Gasteiger partial charge in [0.15, 0.2) is 18.2 Å². The van der Waals surface area contributed by atoms with Crippen LogP contribution in [-0.4, -0.2) is 53.4 Å². The van der Waals surface area contributed by atoms with Crippen LogP contribution >= 0.6 is 0 Å². The zero-order valence-electron chi connectivity index (χ0n) is 13.4. The first-order valence-electron chi connectivity index (χ1n) is 7.66. The first-order valence-corrected chi connectivity index (χ1v) is 7.66. The van der Waals surface area contributed by atoms with Gasteiger partial charge in [-0.25, -0.2) is 4.98 Å². The van der Waals surface area contributed by atoms with Gasteiger partial charge in [-0.15, -0.1) is 0 Å². The number of carbonyl (C=O) groups is 2. The highest BCUT2D eigenvalue weighted by Crippen LogP contribution is 2.28. The molecule has 0 aliphatic carbocycles. The van der Waals surface area contributed by atoms with Gasteiger partial charge in [-0.1, -0.05) is 0 Å². The molecule has 3 heterocycles. The van der Waals surface area contributed by atoms with Crippen molar-refractivity contribution in [3.8, 4) is 5.75 Å². The Morgan fingerprint density at radius 1 is 1.29 bits per heavy atom. The van der Waals surface area contributed by atoms with E-state index in [0.717, 1.165) is 12.0 Å². The zero-order valence-corrected chi connectivity index (χ0v) is 13.4. The van der Waals surface area contributed by atoms with E-state index < -0.39 is 0 Å². The summed E-state index contributed by atoms with van der Waals surface area (Å²) >= 11 is 0. The zero-order chi connectivity index (χ0) is 16.9. The van der Waals surface area contributed by atoms with Crippen molar-refractivity contribution in [2.24, 2.45) is 0 Å². The Bertz CT molecular complexity index is 736. The fourth-order valence-corrected chi connectivity index (χ4v) is 2.42. The van der Waals surface area contributed by atoms with Gasteiger partial charge in [0.2, 0.25) is 5.91 Å². The van der Waals surface area contributed by atoms with Gasteiger partial charge in [-0.3, -0.25) is 19.5 Å². The van der Waals surface area contributed by atoms with E-state index in [1.165, 1.54) is 4.90 Å². The second kappa shape index (κ2) is 7.08. The van der Waals surface area contributed by atoms with Crippen molar-refractivity contribution in [1.82, 2.24) is 14.9 Å². The predicted octanol–water partition coefficient (Wildman–Crippen LogP) is 0.903. The van der Waals surface area contributed by atoms with Gasteiger partial charge in [0.1, 0.15) is 6.54 Å². The molecule has 0 radical (unpaired) electrons. The molecular weight excluding hydrogens is 308 g/mol. The summed E-state index contributed by atoms with van der Waals surface area (Å²) in [5, 5.41) is 0. The number of amides is 2. The smallest absolute Gasteiger partial charge is 0.266 e. The lowest BCUT2D eigenvalue weighted by molar-refractivity contribution is -0.131. The number of hydrogen-bond acceptors (Lipinski definition) is 5. The number of aromatic nitrogens is 2. The second-order valence-corrected chi connectivity index (χ2v) is 5.51. The maximum Gasteiger partial charge on any atom is 0.266 e. The summed E-state index contributed by atoms with van der Waals surface area (Å²) in [6, 6.07) is 7.31. The Labute approximate surface area is 139 Å². The van der Waals surface area contributed by atoms with E-state index in [9.17, 15) is 9.59 Å². The van der Waals surface area contributed by atoms with Crippen LogP contribution in [0.5, 0.6) is 5.75 Å². The molecule has 1 aliphatic rings. The van der Waals surface area contributed by atoms with Crippen LogP contribution < -0.4 is 9.64 Å². The Balaban J connectivity index is 1.63. The number of nitrogens with zero attached hydrogens (tertiary/aromatic N) is 4. The summed E-state index contributed by atoms with van der Waals surface area (Å²) in [4.78, 5) is 35.6. The molecule has 2 aromatic rings. The molecule has 0 N–H and O–H groups in total. The molecule has 124 valence electrons. The minimum absolute atomic E-state index is 0.0426. The third-order valence-electron chi connectivity index (χ3n) is 3.86. The van der Waals surface area contributed by atoms with E-state index in [4.69, 9.17) is 4.74 Å². The third-order valence-corrected chi connectivity index (χ3v) is 3.86. The van der Waals surface area contributed by atoms with Gasteiger partial charge in [-0.2, -0.15) is 0 Å². The Hall–Kier alpha value is -2.96. The quantitative estimate of drug-likeness (QED) is 0.816. The number of hydrogen-bond donors (Lipinski definition) is 0. The molecule has 0 unspecified atom stereocenters. The maximum atomic E-state index is 12.4. The van der Waals surface area contributed by atoms with Gasteiger partial charge in [0, 0.05) is 32.2 Å². The van der Waals surface area contributed by atoms with E-state index in [1.54, 1.807) is 42.7 Å². The standard InChI is InChI=1S/C17H18N4O3/c1-20(10-6-13-4-8-18-9-5-13)15(22)11-21-16(23)12-24-14-3-2-7-19-17(14)21/h2-5,7-9H,6,10-12H2,1H3. The van der Waals surface area contributed by atoms with Gasteiger partial charge < -0.3 is 9.64 Å². The Morgan fingerprint density at radius 2 is 2.08 bits per heavy atom. The summed E-state index contributed by atoms with van der Waals surface area (Å²) < 4.78 is 5.33. The van der Waals surface area contributed by atoms with E-state index in [2.05, 4.69) is 9.97 Å². The monoisotopic (exact) mass is 326 g/mol. The summed E-state index contributed by atoms with van der Waals surface area (Å²) in [5.41, 5.74) is 1.11. The molecule has 1 aliphatic heterocycles. The topological polar surface area (TPSA) is 75.6 Å². The molecule has 0 spiro atoms. The molecular formula is C17H18N4O3. The summed E-state index contributed by atoms with van der Waals surface area (Å²) in [5.74, 6) is 0.502. The van der Waals surface area contributed by atoms with Crippen LogP contribution in [0.4, 0.5) is 5.82 Å². The average molecular weight is 326 g/mol. The lowest BCUT2D eigenvalue weighted by Gasteiger charge is -2.29. The van der Waals surface area contributed by atoms with Gasteiger partial charge >= 0.3 is 0 Å². The number of fused-ring (bicyclic) bond motifs is 1. The fraction of sp³-hybridized carbons (Fsp3) is 0.294. The highest BCUT2D eigenvalue weighted by Gasteiger charge is 2.29. The average Bonchev–Trinajstić information content (AvgIpc) is 2.63. The van der Waals surface area contributed by atoms with E-state index in [1.807, 2.05) is 12.1 Å². The maximum absolute atomic E-state index is 12.4. The van der Waals surface area contributed by atoms with Crippen LogP contribution in [0.15, 0.2) is 42.9 Å². The minimum atomic E-state index is -0.267. The molecule has 2 aromatic heterocycles. The van der Waals surface area contributed by atoms with Crippen LogP contribution in [0.25, 0.3) is 0 Å². The van der Waals surface area contributed by atoms with E-state index >= 15 is 0 Å². The minimum Gasteiger partial charge on any atom is -0.480 e. The number of pyridine rings is 2. The van der Waals surface area contributed by atoms with Gasteiger partial charge in [0.05, 0.1) is 0 Å². The predicted molar refractivity (Wildman–Crippen MR) is 87.7 cm³/mol. The summed E-state index contributed by atoms with van der Waals surface area (Å²) in [6.07, 6.45) is 5.76. The number of rotatable bonds is 5. The van der Waals surface area contributed by atoms with E-state index in [0.29, 0.717) is 18.1 Å². The molecule has 0 atom stereocenters. The number of carbonyl (C=O) groups excluding carboxylic acids is 2. The molecule has 0 saturated heterocycles. The van der Waals surface area contributed by atoms with Crippen molar-refractivity contribution in [3.05, 3.63) is 48.4 Å². The molecule has 7 nitrogen and oxygen atoms in total.